The molecular weight excluding hydrogens is 270 g/mol. The van der Waals surface area contributed by atoms with E-state index in [0.717, 1.165) is 6.42 Å². The lowest BCUT2D eigenvalue weighted by atomic mass is 10.2. The standard InChI is InChI=1S/C15H27NOSSi/c1-8-9-10-13-14(11-12-19(5,6)7)16(13)18(17)15(2,3)4/h8-9,13-14H,10H2,1-7H3/b9-8+/t13-,14+,16?,18+/m0/s1. The molecule has 1 aliphatic heterocycles. The van der Waals surface area contributed by atoms with Crippen LogP contribution in [0.25, 0.3) is 0 Å². The SMILES string of the molecule is C/C=C/C[C@H]1[C@@H](C#C[Si](C)(C)C)N1[S@](=O)C(C)(C)C. The molecule has 0 amide bonds. The second-order valence-electron chi connectivity index (χ2n) is 7.06. The van der Waals surface area contributed by atoms with Gasteiger partial charge in [-0.3, -0.25) is 0 Å². The fourth-order valence-electron chi connectivity index (χ4n) is 1.76. The Balaban J connectivity index is 2.83. The van der Waals surface area contributed by atoms with Crippen LogP contribution in [0.4, 0.5) is 0 Å². The smallest absolute Gasteiger partial charge is 0.129 e. The van der Waals surface area contributed by atoms with Gasteiger partial charge in [-0.1, -0.05) is 37.7 Å². The molecule has 0 N–H and O–H groups in total. The summed E-state index contributed by atoms with van der Waals surface area (Å²) in [6.07, 6.45) is 5.15. The van der Waals surface area contributed by atoms with Gasteiger partial charge < -0.3 is 0 Å². The highest BCUT2D eigenvalue weighted by atomic mass is 32.2. The lowest BCUT2D eigenvalue weighted by Gasteiger charge is -2.18. The third-order valence-electron chi connectivity index (χ3n) is 2.80. The zero-order chi connectivity index (χ0) is 14.8. The van der Waals surface area contributed by atoms with E-state index in [1.165, 1.54) is 0 Å². The molecule has 108 valence electrons. The average molecular weight is 298 g/mol. The molecule has 0 aromatic rings. The van der Waals surface area contributed by atoms with Crippen molar-refractivity contribution in [3.05, 3.63) is 12.2 Å². The molecule has 0 aromatic carbocycles. The molecule has 1 rings (SSSR count). The van der Waals surface area contributed by atoms with E-state index in [-0.39, 0.29) is 10.8 Å². The van der Waals surface area contributed by atoms with E-state index in [9.17, 15) is 4.21 Å². The number of rotatable bonds is 3. The van der Waals surface area contributed by atoms with Crippen molar-refractivity contribution < 1.29 is 4.21 Å². The number of nitrogens with zero attached hydrogens (tertiary/aromatic N) is 1. The van der Waals surface area contributed by atoms with Crippen LogP contribution in [0.3, 0.4) is 0 Å². The Morgan fingerprint density at radius 3 is 2.32 bits per heavy atom. The van der Waals surface area contributed by atoms with Crippen molar-refractivity contribution >= 4 is 19.1 Å². The molecule has 0 spiro atoms. The number of hydrogen-bond donors (Lipinski definition) is 0. The molecule has 1 heterocycles. The molecule has 4 atom stereocenters. The van der Waals surface area contributed by atoms with Crippen LogP contribution in [0, 0.1) is 11.5 Å². The highest BCUT2D eigenvalue weighted by Crippen LogP contribution is 2.37. The fourth-order valence-corrected chi connectivity index (χ4v) is 3.76. The van der Waals surface area contributed by atoms with Gasteiger partial charge in [0.1, 0.15) is 19.1 Å². The number of allylic oxidation sites excluding steroid dienone is 1. The second kappa shape index (κ2) is 5.95. The van der Waals surface area contributed by atoms with Crippen LogP contribution in [0.1, 0.15) is 34.1 Å². The molecule has 4 heteroatoms. The van der Waals surface area contributed by atoms with E-state index in [1.807, 2.05) is 27.7 Å². The summed E-state index contributed by atoms with van der Waals surface area (Å²) >= 11 is 0. The molecule has 0 aliphatic carbocycles. The highest BCUT2D eigenvalue weighted by Gasteiger charge is 2.52. The predicted octanol–water partition coefficient (Wildman–Crippen LogP) is 3.35. The van der Waals surface area contributed by atoms with Gasteiger partial charge in [0.25, 0.3) is 0 Å². The lowest BCUT2D eigenvalue weighted by molar-refractivity contribution is 0.601. The van der Waals surface area contributed by atoms with Crippen LogP contribution in [-0.4, -0.2) is 33.4 Å². The van der Waals surface area contributed by atoms with Gasteiger partial charge in [-0.15, -0.1) is 5.54 Å². The summed E-state index contributed by atoms with van der Waals surface area (Å²) in [7, 11) is -2.31. The molecule has 1 fully saturated rings. The summed E-state index contributed by atoms with van der Waals surface area (Å²) in [6.45, 7) is 14.8. The Hall–Kier alpha value is -0.373. The van der Waals surface area contributed by atoms with Gasteiger partial charge in [0.2, 0.25) is 0 Å². The van der Waals surface area contributed by atoms with Crippen molar-refractivity contribution in [3.63, 3.8) is 0 Å². The predicted molar refractivity (Wildman–Crippen MR) is 87.9 cm³/mol. The van der Waals surface area contributed by atoms with Crippen molar-refractivity contribution in [1.82, 2.24) is 4.31 Å². The first-order chi connectivity index (χ1) is 8.58. The fraction of sp³-hybridized carbons (Fsp3) is 0.733. The molecule has 2 nitrogen and oxygen atoms in total. The van der Waals surface area contributed by atoms with Gasteiger partial charge in [0, 0.05) is 0 Å². The Morgan fingerprint density at radius 1 is 1.32 bits per heavy atom. The minimum Gasteiger partial charge on any atom is -0.242 e. The van der Waals surface area contributed by atoms with Gasteiger partial charge in [0.05, 0.1) is 16.8 Å². The molecular formula is C15H27NOSSi. The van der Waals surface area contributed by atoms with Gasteiger partial charge in [-0.2, -0.15) is 0 Å². The third-order valence-corrected chi connectivity index (χ3v) is 5.62. The van der Waals surface area contributed by atoms with Crippen molar-refractivity contribution in [2.24, 2.45) is 0 Å². The quantitative estimate of drug-likeness (QED) is 0.338. The normalized spacial score (nSPS) is 28.9. The maximum absolute atomic E-state index is 12.5. The van der Waals surface area contributed by atoms with Gasteiger partial charge in [-0.25, -0.2) is 8.51 Å². The lowest BCUT2D eigenvalue weighted by Crippen LogP contribution is -2.28. The molecule has 0 bridgehead atoms. The van der Waals surface area contributed by atoms with Crippen LogP contribution in [0.15, 0.2) is 12.2 Å². The average Bonchev–Trinajstić information content (AvgIpc) is 2.93. The second-order valence-corrected chi connectivity index (χ2v) is 14.0. The van der Waals surface area contributed by atoms with Crippen molar-refractivity contribution in [3.8, 4) is 11.5 Å². The summed E-state index contributed by atoms with van der Waals surface area (Å²) in [5.74, 6) is 3.37. The van der Waals surface area contributed by atoms with E-state index in [4.69, 9.17) is 0 Å². The molecule has 19 heavy (non-hydrogen) atoms. The van der Waals surface area contributed by atoms with Gasteiger partial charge in [-0.05, 0) is 34.1 Å². The molecule has 1 unspecified atom stereocenters. The van der Waals surface area contributed by atoms with Crippen molar-refractivity contribution in [2.45, 2.75) is 70.6 Å². The highest BCUT2D eigenvalue weighted by molar-refractivity contribution is 7.84. The van der Waals surface area contributed by atoms with Gasteiger partial charge >= 0.3 is 0 Å². The van der Waals surface area contributed by atoms with E-state index in [2.05, 4.69) is 47.6 Å². The minimum absolute atomic E-state index is 0.183. The monoisotopic (exact) mass is 297 g/mol. The van der Waals surface area contributed by atoms with E-state index >= 15 is 0 Å². The minimum atomic E-state index is -1.36. The van der Waals surface area contributed by atoms with E-state index < -0.39 is 19.1 Å². The first-order valence-corrected chi connectivity index (χ1v) is 11.5. The van der Waals surface area contributed by atoms with Gasteiger partial charge in [0.15, 0.2) is 0 Å². The maximum atomic E-state index is 12.5. The summed E-state index contributed by atoms with van der Waals surface area (Å²) in [4.78, 5) is 0. The topological polar surface area (TPSA) is 20.1 Å². The van der Waals surface area contributed by atoms with Crippen LogP contribution in [0.2, 0.25) is 19.6 Å². The van der Waals surface area contributed by atoms with E-state index in [1.54, 1.807) is 0 Å². The number of hydrogen-bond acceptors (Lipinski definition) is 1. The van der Waals surface area contributed by atoms with Crippen LogP contribution in [-0.2, 0) is 11.0 Å². The van der Waals surface area contributed by atoms with Crippen LogP contribution < -0.4 is 0 Å². The zero-order valence-electron chi connectivity index (χ0n) is 13.3. The summed E-state index contributed by atoms with van der Waals surface area (Å²) in [5.41, 5.74) is 3.42. The van der Waals surface area contributed by atoms with Crippen molar-refractivity contribution in [1.29, 1.82) is 0 Å². The molecule has 0 radical (unpaired) electrons. The molecule has 0 aromatic heterocycles. The molecule has 1 saturated heterocycles. The van der Waals surface area contributed by atoms with Crippen LogP contribution >= 0.6 is 0 Å². The van der Waals surface area contributed by atoms with E-state index in [0.29, 0.717) is 6.04 Å². The molecule has 0 saturated carbocycles. The maximum Gasteiger partial charge on any atom is 0.129 e. The largest absolute Gasteiger partial charge is 0.242 e. The Bertz CT molecular complexity index is 434. The Labute approximate surface area is 122 Å². The first-order valence-electron chi connectivity index (χ1n) is 6.92. The van der Waals surface area contributed by atoms with Crippen molar-refractivity contribution in [2.75, 3.05) is 0 Å². The Kier molecular flexibility index (Phi) is 5.22. The van der Waals surface area contributed by atoms with Crippen LogP contribution in [0.5, 0.6) is 0 Å². The zero-order valence-corrected chi connectivity index (χ0v) is 15.1. The first kappa shape index (κ1) is 16.7. The Morgan fingerprint density at radius 2 is 1.89 bits per heavy atom. The summed E-state index contributed by atoms with van der Waals surface area (Å²) in [6, 6.07) is 0.517. The third kappa shape index (κ3) is 4.90. The molecule has 1 aliphatic rings. The summed E-state index contributed by atoms with van der Waals surface area (Å²) < 4.78 is 14.4. The summed E-state index contributed by atoms with van der Waals surface area (Å²) in [5, 5.41) is 0.